The SMILES string of the molecule is O=C(Nc1ccc2c(c1)Cc1ccccc1-2)C1CCN(C(=O)c2ccc(Br)cc2)CC1. The summed E-state index contributed by atoms with van der Waals surface area (Å²) in [6, 6.07) is 22.1. The number of rotatable bonds is 3. The van der Waals surface area contributed by atoms with Crippen LogP contribution in [0.25, 0.3) is 11.1 Å². The van der Waals surface area contributed by atoms with Crippen molar-refractivity contribution in [2.45, 2.75) is 19.3 Å². The molecule has 3 aromatic carbocycles. The summed E-state index contributed by atoms with van der Waals surface area (Å²) >= 11 is 3.40. The lowest BCUT2D eigenvalue weighted by Crippen LogP contribution is -2.41. The summed E-state index contributed by atoms with van der Waals surface area (Å²) in [5.41, 5.74) is 6.68. The number of anilines is 1. The highest BCUT2D eigenvalue weighted by Crippen LogP contribution is 2.37. The van der Waals surface area contributed by atoms with Gasteiger partial charge in [-0.25, -0.2) is 0 Å². The Hall–Kier alpha value is -2.92. The summed E-state index contributed by atoms with van der Waals surface area (Å²) in [5, 5.41) is 3.10. The minimum Gasteiger partial charge on any atom is -0.339 e. The van der Waals surface area contributed by atoms with Gasteiger partial charge in [-0.15, -0.1) is 0 Å². The maximum absolute atomic E-state index is 12.9. The maximum Gasteiger partial charge on any atom is 0.253 e. The quantitative estimate of drug-likeness (QED) is 0.425. The number of nitrogens with zero attached hydrogens (tertiary/aromatic N) is 1. The molecule has 1 aliphatic heterocycles. The molecular weight excluding hydrogens is 452 g/mol. The van der Waals surface area contributed by atoms with Crippen molar-refractivity contribution in [1.29, 1.82) is 0 Å². The van der Waals surface area contributed by atoms with Gasteiger partial charge in [-0.2, -0.15) is 0 Å². The number of benzene rings is 3. The molecule has 0 atom stereocenters. The number of piperidine rings is 1. The predicted molar refractivity (Wildman–Crippen MR) is 126 cm³/mol. The maximum atomic E-state index is 12.9. The van der Waals surface area contributed by atoms with E-state index < -0.39 is 0 Å². The number of carbonyl (C=O) groups is 2. The highest BCUT2D eigenvalue weighted by molar-refractivity contribution is 9.10. The third-order valence-corrected chi connectivity index (χ3v) is 6.83. The molecule has 0 spiro atoms. The molecule has 0 radical (unpaired) electrons. The van der Waals surface area contributed by atoms with Crippen molar-refractivity contribution < 1.29 is 9.59 Å². The standard InChI is InChI=1S/C26H23BrN2O2/c27-21-7-5-18(6-8-21)26(31)29-13-11-17(12-14-29)25(30)28-22-9-10-24-20(16-22)15-19-3-1-2-4-23(19)24/h1-10,16-17H,11-15H2,(H,28,30). The van der Waals surface area contributed by atoms with Gasteiger partial charge in [0.15, 0.2) is 0 Å². The molecule has 1 N–H and O–H groups in total. The molecule has 31 heavy (non-hydrogen) atoms. The molecule has 4 nitrogen and oxygen atoms in total. The van der Waals surface area contributed by atoms with Gasteiger partial charge in [-0.05, 0) is 77.9 Å². The Balaban J connectivity index is 1.19. The number of hydrogen-bond donors (Lipinski definition) is 1. The third kappa shape index (κ3) is 4.02. The van der Waals surface area contributed by atoms with Gasteiger partial charge in [0.25, 0.3) is 5.91 Å². The van der Waals surface area contributed by atoms with Gasteiger partial charge < -0.3 is 10.2 Å². The summed E-state index contributed by atoms with van der Waals surface area (Å²) < 4.78 is 0.954. The third-order valence-electron chi connectivity index (χ3n) is 6.31. The van der Waals surface area contributed by atoms with E-state index in [1.807, 2.05) is 35.2 Å². The molecule has 5 heteroatoms. The minimum atomic E-state index is -0.0700. The lowest BCUT2D eigenvalue weighted by atomic mass is 9.95. The summed E-state index contributed by atoms with van der Waals surface area (Å²) in [5.74, 6) is 0.00941. The Morgan fingerprint density at radius 3 is 2.35 bits per heavy atom. The Morgan fingerprint density at radius 2 is 1.58 bits per heavy atom. The zero-order valence-corrected chi connectivity index (χ0v) is 18.7. The van der Waals surface area contributed by atoms with Gasteiger partial charge in [0, 0.05) is 34.7 Å². The van der Waals surface area contributed by atoms with E-state index in [0.717, 1.165) is 16.6 Å². The number of amides is 2. The topological polar surface area (TPSA) is 49.4 Å². The molecule has 5 rings (SSSR count). The van der Waals surface area contributed by atoms with E-state index in [0.29, 0.717) is 31.5 Å². The van der Waals surface area contributed by atoms with Crippen LogP contribution >= 0.6 is 15.9 Å². The highest BCUT2D eigenvalue weighted by atomic mass is 79.9. The van der Waals surface area contributed by atoms with Gasteiger partial charge >= 0.3 is 0 Å². The molecule has 1 aliphatic carbocycles. The van der Waals surface area contributed by atoms with Crippen LogP contribution in [-0.2, 0) is 11.2 Å². The molecule has 0 saturated carbocycles. The molecule has 0 bridgehead atoms. The molecule has 2 aliphatic rings. The van der Waals surface area contributed by atoms with Crippen molar-refractivity contribution in [3.8, 4) is 11.1 Å². The Kier molecular flexibility index (Phi) is 5.36. The molecule has 3 aromatic rings. The average molecular weight is 475 g/mol. The molecule has 1 heterocycles. The molecule has 0 unspecified atom stereocenters. The van der Waals surface area contributed by atoms with E-state index in [4.69, 9.17) is 0 Å². The molecule has 156 valence electrons. The zero-order valence-electron chi connectivity index (χ0n) is 17.1. The fourth-order valence-corrected chi connectivity index (χ4v) is 4.85. The second-order valence-corrected chi connectivity index (χ2v) is 9.18. The fraction of sp³-hybridized carbons (Fsp3) is 0.231. The van der Waals surface area contributed by atoms with Crippen LogP contribution in [0.2, 0.25) is 0 Å². The molecular formula is C26H23BrN2O2. The summed E-state index contributed by atoms with van der Waals surface area (Å²) in [6.45, 7) is 1.21. The Bertz CT molecular complexity index is 1150. The number of nitrogens with one attached hydrogen (secondary N) is 1. The van der Waals surface area contributed by atoms with Gasteiger partial charge in [0.05, 0.1) is 0 Å². The van der Waals surface area contributed by atoms with Gasteiger partial charge in [0.2, 0.25) is 5.91 Å². The highest BCUT2D eigenvalue weighted by Gasteiger charge is 2.28. The van der Waals surface area contributed by atoms with Crippen LogP contribution in [0.1, 0.15) is 34.3 Å². The largest absolute Gasteiger partial charge is 0.339 e. The average Bonchev–Trinajstić information content (AvgIpc) is 3.17. The second-order valence-electron chi connectivity index (χ2n) is 8.27. The van der Waals surface area contributed by atoms with Crippen molar-refractivity contribution in [3.63, 3.8) is 0 Å². The Labute approximate surface area is 190 Å². The number of fused-ring (bicyclic) bond motifs is 3. The number of hydrogen-bond acceptors (Lipinski definition) is 2. The molecule has 1 saturated heterocycles. The van der Waals surface area contributed by atoms with Crippen LogP contribution in [-0.4, -0.2) is 29.8 Å². The van der Waals surface area contributed by atoms with Crippen molar-refractivity contribution in [1.82, 2.24) is 4.90 Å². The van der Waals surface area contributed by atoms with Crippen LogP contribution in [0.4, 0.5) is 5.69 Å². The lowest BCUT2D eigenvalue weighted by Gasteiger charge is -2.31. The molecule has 0 aromatic heterocycles. The number of carbonyl (C=O) groups excluding carboxylic acids is 2. The first-order chi connectivity index (χ1) is 15.1. The van der Waals surface area contributed by atoms with E-state index in [1.54, 1.807) is 0 Å². The van der Waals surface area contributed by atoms with Gasteiger partial charge in [0.1, 0.15) is 0 Å². The monoisotopic (exact) mass is 474 g/mol. The van der Waals surface area contributed by atoms with Gasteiger partial charge in [-0.1, -0.05) is 46.3 Å². The van der Waals surface area contributed by atoms with E-state index >= 15 is 0 Å². The smallest absolute Gasteiger partial charge is 0.253 e. The molecule has 2 amide bonds. The normalized spacial score (nSPS) is 15.3. The first-order valence-electron chi connectivity index (χ1n) is 10.7. The van der Waals surface area contributed by atoms with Crippen LogP contribution in [0.15, 0.2) is 71.2 Å². The van der Waals surface area contributed by atoms with E-state index in [9.17, 15) is 9.59 Å². The Morgan fingerprint density at radius 1 is 0.871 bits per heavy atom. The lowest BCUT2D eigenvalue weighted by molar-refractivity contribution is -0.121. The first kappa shape index (κ1) is 20.0. The summed E-state index contributed by atoms with van der Waals surface area (Å²) in [7, 11) is 0. The summed E-state index contributed by atoms with van der Waals surface area (Å²) in [4.78, 5) is 27.4. The van der Waals surface area contributed by atoms with Crippen molar-refractivity contribution in [2.24, 2.45) is 5.92 Å². The minimum absolute atomic E-state index is 0.0320. The van der Waals surface area contributed by atoms with Crippen LogP contribution in [0.3, 0.4) is 0 Å². The fourth-order valence-electron chi connectivity index (χ4n) is 4.59. The number of halogens is 1. The van der Waals surface area contributed by atoms with Crippen LogP contribution < -0.4 is 5.32 Å². The van der Waals surface area contributed by atoms with E-state index in [2.05, 4.69) is 57.6 Å². The number of likely N-dealkylation sites (tertiary alicyclic amines) is 1. The van der Waals surface area contributed by atoms with Crippen molar-refractivity contribution in [2.75, 3.05) is 18.4 Å². The van der Waals surface area contributed by atoms with E-state index in [-0.39, 0.29) is 17.7 Å². The molecule has 1 fully saturated rings. The van der Waals surface area contributed by atoms with Gasteiger partial charge in [-0.3, -0.25) is 9.59 Å². The van der Waals surface area contributed by atoms with Crippen LogP contribution in [0.5, 0.6) is 0 Å². The second kappa shape index (κ2) is 8.31. The zero-order chi connectivity index (χ0) is 21.4. The van der Waals surface area contributed by atoms with Crippen LogP contribution in [0, 0.1) is 5.92 Å². The predicted octanol–water partition coefficient (Wildman–Crippen LogP) is 5.51. The van der Waals surface area contributed by atoms with Crippen molar-refractivity contribution >= 4 is 33.4 Å². The van der Waals surface area contributed by atoms with E-state index in [1.165, 1.54) is 22.3 Å². The van der Waals surface area contributed by atoms with Crippen molar-refractivity contribution in [3.05, 3.63) is 87.9 Å². The first-order valence-corrected chi connectivity index (χ1v) is 11.4. The summed E-state index contributed by atoms with van der Waals surface area (Å²) in [6.07, 6.45) is 2.28.